The summed E-state index contributed by atoms with van der Waals surface area (Å²) in [5, 5.41) is 11.9. The van der Waals surface area contributed by atoms with Crippen molar-refractivity contribution in [3.63, 3.8) is 0 Å². The standard InChI is InChI=1S/C7H7FN2O2/c1-2-3-10-6(8)5(4-9-10)7(11)12/h2,4H,1,3H2,(H,11,12). The molecule has 5 heteroatoms. The smallest absolute Gasteiger partial charge is 0.342 e. The molecule has 0 spiro atoms. The minimum atomic E-state index is -1.32. The Balaban J connectivity index is 3.03. The van der Waals surface area contributed by atoms with Gasteiger partial charge in [0.1, 0.15) is 5.56 Å². The lowest BCUT2D eigenvalue weighted by Crippen LogP contribution is -2.04. The van der Waals surface area contributed by atoms with Crippen LogP contribution in [0, 0.1) is 5.95 Å². The number of rotatable bonds is 3. The third-order valence-corrected chi connectivity index (χ3v) is 1.31. The van der Waals surface area contributed by atoms with Gasteiger partial charge in [0.25, 0.3) is 0 Å². The Labute approximate surface area is 67.9 Å². The molecular formula is C7H7FN2O2. The van der Waals surface area contributed by atoms with Crippen molar-refractivity contribution >= 4 is 5.97 Å². The Kier molecular flexibility index (Phi) is 2.23. The van der Waals surface area contributed by atoms with Crippen LogP contribution in [0.3, 0.4) is 0 Å². The largest absolute Gasteiger partial charge is 0.477 e. The molecule has 0 saturated carbocycles. The first-order valence-corrected chi connectivity index (χ1v) is 3.22. The van der Waals surface area contributed by atoms with Crippen LogP contribution in [-0.2, 0) is 6.54 Å². The minimum Gasteiger partial charge on any atom is -0.477 e. The van der Waals surface area contributed by atoms with Gasteiger partial charge in [0.05, 0.1) is 12.7 Å². The summed E-state index contributed by atoms with van der Waals surface area (Å²) >= 11 is 0. The molecule has 1 rings (SSSR count). The summed E-state index contributed by atoms with van der Waals surface area (Å²) in [6.07, 6.45) is 2.41. The van der Waals surface area contributed by atoms with E-state index in [1.807, 2.05) is 0 Å². The predicted molar refractivity (Wildman–Crippen MR) is 39.3 cm³/mol. The zero-order valence-electron chi connectivity index (χ0n) is 6.20. The molecule has 0 aliphatic carbocycles. The number of aromatic carboxylic acids is 1. The van der Waals surface area contributed by atoms with Crippen molar-refractivity contribution in [2.45, 2.75) is 6.54 Å². The molecule has 0 bridgehead atoms. The highest BCUT2D eigenvalue weighted by Crippen LogP contribution is 2.05. The summed E-state index contributed by atoms with van der Waals surface area (Å²) in [7, 11) is 0. The minimum absolute atomic E-state index is 0.166. The van der Waals surface area contributed by atoms with E-state index in [0.717, 1.165) is 10.9 Å². The monoisotopic (exact) mass is 170 g/mol. The van der Waals surface area contributed by atoms with E-state index < -0.39 is 17.5 Å². The Morgan fingerprint density at radius 3 is 3.00 bits per heavy atom. The topological polar surface area (TPSA) is 55.1 Å². The molecule has 0 atom stereocenters. The fourth-order valence-electron chi connectivity index (χ4n) is 0.763. The zero-order chi connectivity index (χ0) is 9.14. The van der Waals surface area contributed by atoms with Crippen LogP contribution in [0.2, 0.25) is 0 Å². The quantitative estimate of drug-likeness (QED) is 0.686. The molecule has 1 aromatic heterocycles. The van der Waals surface area contributed by atoms with Crippen LogP contribution in [0.4, 0.5) is 4.39 Å². The van der Waals surface area contributed by atoms with Gasteiger partial charge in [0.2, 0.25) is 5.95 Å². The Hall–Kier alpha value is -1.65. The van der Waals surface area contributed by atoms with Crippen LogP contribution < -0.4 is 0 Å². The molecule has 0 aliphatic heterocycles. The number of aromatic nitrogens is 2. The second-order valence-corrected chi connectivity index (χ2v) is 2.12. The average molecular weight is 170 g/mol. The molecule has 0 unspecified atom stereocenters. The lowest BCUT2D eigenvalue weighted by molar-refractivity contribution is 0.0691. The molecule has 0 aliphatic rings. The van der Waals surface area contributed by atoms with Crippen molar-refractivity contribution in [1.29, 1.82) is 0 Å². The number of hydrogen-bond acceptors (Lipinski definition) is 2. The highest BCUT2D eigenvalue weighted by molar-refractivity contribution is 5.87. The summed E-state index contributed by atoms with van der Waals surface area (Å²) < 4.78 is 13.9. The van der Waals surface area contributed by atoms with Crippen LogP contribution in [0.15, 0.2) is 18.9 Å². The van der Waals surface area contributed by atoms with Crippen molar-refractivity contribution in [1.82, 2.24) is 9.78 Å². The summed E-state index contributed by atoms with van der Waals surface area (Å²) in [5.74, 6) is -2.16. The van der Waals surface area contributed by atoms with E-state index in [1.165, 1.54) is 6.08 Å². The Morgan fingerprint density at radius 2 is 2.58 bits per heavy atom. The Morgan fingerprint density at radius 1 is 1.92 bits per heavy atom. The van der Waals surface area contributed by atoms with Crippen molar-refractivity contribution in [2.24, 2.45) is 0 Å². The van der Waals surface area contributed by atoms with Gasteiger partial charge in [-0.25, -0.2) is 9.48 Å². The van der Waals surface area contributed by atoms with Crippen LogP contribution in [0.1, 0.15) is 10.4 Å². The molecule has 0 aromatic carbocycles. The second kappa shape index (κ2) is 3.17. The summed E-state index contributed by atoms with van der Waals surface area (Å²) in [6.45, 7) is 3.54. The number of carboxylic acids is 1. The summed E-state index contributed by atoms with van der Waals surface area (Å²) in [5.41, 5.74) is -0.420. The van der Waals surface area contributed by atoms with Crippen molar-refractivity contribution in [3.05, 3.63) is 30.4 Å². The molecule has 64 valence electrons. The molecule has 4 nitrogen and oxygen atoms in total. The first-order valence-electron chi connectivity index (χ1n) is 3.22. The number of allylic oxidation sites excluding steroid dienone is 1. The first-order chi connectivity index (χ1) is 5.66. The van der Waals surface area contributed by atoms with E-state index in [-0.39, 0.29) is 6.54 Å². The zero-order valence-corrected chi connectivity index (χ0v) is 6.20. The number of carboxylic acid groups (broad SMARTS) is 1. The molecule has 0 radical (unpaired) electrons. The fraction of sp³-hybridized carbons (Fsp3) is 0.143. The molecule has 1 aromatic rings. The Bertz CT molecular complexity index is 319. The van der Waals surface area contributed by atoms with Gasteiger partial charge in [-0.3, -0.25) is 0 Å². The third kappa shape index (κ3) is 1.34. The number of nitrogens with zero attached hydrogens (tertiary/aromatic N) is 2. The van der Waals surface area contributed by atoms with Crippen molar-refractivity contribution in [2.75, 3.05) is 0 Å². The molecule has 0 fully saturated rings. The lowest BCUT2D eigenvalue weighted by Gasteiger charge is -1.94. The van der Waals surface area contributed by atoms with Gasteiger partial charge in [-0.05, 0) is 0 Å². The average Bonchev–Trinajstić information content (AvgIpc) is 2.34. The number of hydrogen-bond donors (Lipinski definition) is 1. The van der Waals surface area contributed by atoms with Gasteiger partial charge in [0.15, 0.2) is 0 Å². The van der Waals surface area contributed by atoms with Crippen molar-refractivity contribution < 1.29 is 14.3 Å². The molecule has 12 heavy (non-hydrogen) atoms. The van der Waals surface area contributed by atoms with Gasteiger partial charge in [-0.1, -0.05) is 6.08 Å². The van der Waals surface area contributed by atoms with Gasteiger partial charge >= 0.3 is 5.97 Å². The maximum atomic E-state index is 12.9. The predicted octanol–water partition coefficient (Wildman–Crippen LogP) is 0.906. The molecule has 0 saturated heterocycles. The van der Waals surface area contributed by atoms with E-state index in [1.54, 1.807) is 0 Å². The molecule has 1 N–H and O–H groups in total. The van der Waals surface area contributed by atoms with Crippen LogP contribution in [-0.4, -0.2) is 20.9 Å². The number of halogens is 1. The van der Waals surface area contributed by atoms with E-state index in [4.69, 9.17) is 5.11 Å². The maximum Gasteiger partial charge on any atom is 0.342 e. The second-order valence-electron chi connectivity index (χ2n) is 2.12. The van der Waals surface area contributed by atoms with Gasteiger partial charge in [0, 0.05) is 0 Å². The highest BCUT2D eigenvalue weighted by Gasteiger charge is 2.15. The van der Waals surface area contributed by atoms with E-state index in [9.17, 15) is 9.18 Å². The molecule has 1 heterocycles. The van der Waals surface area contributed by atoms with Crippen LogP contribution in [0.5, 0.6) is 0 Å². The van der Waals surface area contributed by atoms with E-state index in [0.29, 0.717) is 0 Å². The van der Waals surface area contributed by atoms with E-state index in [2.05, 4.69) is 11.7 Å². The molecular weight excluding hydrogens is 163 g/mol. The lowest BCUT2D eigenvalue weighted by atomic mass is 10.4. The van der Waals surface area contributed by atoms with Gasteiger partial charge in [-0.2, -0.15) is 9.49 Å². The number of carbonyl (C=O) groups is 1. The summed E-state index contributed by atoms with van der Waals surface area (Å²) in [4.78, 5) is 10.3. The fourth-order valence-corrected chi connectivity index (χ4v) is 0.763. The third-order valence-electron chi connectivity index (χ3n) is 1.31. The SMILES string of the molecule is C=CCn1ncc(C(=O)O)c1F. The van der Waals surface area contributed by atoms with E-state index >= 15 is 0 Å². The van der Waals surface area contributed by atoms with Crippen molar-refractivity contribution in [3.8, 4) is 0 Å². The first kappa shape index (κ1) is 8.45. The molecule has 0 amide bonds. The van der Waals surface area contributed by atoms with Gasteiger partial charge in [-0.15, -0.1) is 6.58 Å². The highest BCUT2D eigenvalue weighted by atomic mass is 19.1. The normalized spacial score (nSPS) is 9.75. The van der Waals surface area contributed by atoms with Gasteiger partial charge < -0.3 is 5.11 Å². The maximum absolute atomic E-state index is 12.9. The van der Waals surface area contributed by atoms with Crippen LogP contribution >= 0.6 is 0 Å². The summed E-state index contributed by atoms with van der Waals surface area (Å²) in [6, 6.07) is 0. The van der Waals surface area contributed by atoms with Crippen LogP contribution in [0.25, 0.3) is 0 Å².